The third-order valence-corrected chi connectivity index (χ3v) is 4.45. The van der Waals surface area contributed by atoms with Gasteiger partial charge in [-0.1, -0.05) is 0 Å². The quantitative estimate of drug-likeness (QED) is 0.799. The smallest absolute Gasteiger partial charge is 0.343 e. The lowest BCUT2D eigenvalue weighted by Gasteiger charge is -2.29. The third kappa shape index (κ3) is 2.88. The molecule has 3 rings (SSSR count). The largest absolute Gasteiger partial charge is 0.493 e. The van der Waals surface area contributed by atoms with Gasteiger partial charge in [-0.25, -0.2) is 4.79 Å². The molecule has 0 N–H and O–H groups in total. The maximum atomic E-state index is 12.4. The van der Waals surface area contributed by atoms with Crippen LogP contribution < -0.4 is 14.9 Å². The van der Waals surface area contributed by atoms with Crippen LogP contribution in [0.25, 0.3) is 11.3 Å². The molecule has 132 valence electrons. The van der Waals surface area contributed by atoms with Gasteiger partial charge < -0.3 is 18.8 Å². The molecule has 0 bridgehead atoms. The van der Waals surface area contributed by atoms with E-state index < -0.39 is 5.97 Å². The van der Waals surface area contributed by atoms with Crippen molar-refractivity contribution in [2.45, 2.75) is 26.3 Å². The number of hydrogen-bond donors (Lipinski definition) is 0. The van der Waals surface area contributed by atoms with Gasteiger partial charge >= 0.3 is 5.97 Å². The summed E-state index contributed by atoms with van der Waals surface area (Å²) in [5.41, 5.74) is 2.45. The number of ether oxygens (including phenoxy) is 3. The zero-order chi connectivity index (χ0) is 18.1. The number of carbonyl (C=O) groups excluding carboxylic acids is 1. The summed E-state index contributed by atoms with van der Waals surface area (Å²) < 4.78 is 17.7. The highest BCUT2D eigenvalue weighted by Crippen LogP contribution is 2.40. The van der Waals surface area contributed by atoms with Crippen molar-refractivity contribution in [2.24, 2.45) is 0 Å². The number of esters is 1. The summed E-state index contributed by atoms with van der Waals surface area (Å²) in [5.74, 6) is 0.671. The number of aromatic nitrogens is 1. The first-order valence-corrected chi connectivity index (χ1v) is 8.18. The van der Waals surface area contributed by atoms with Gasteiger partial charge in [0, 0.05) is 23.9 Å². The zero-order valence-corrected chi connectivity index (χ0v) is 14.8. The number of methoxy groups -OCH3 is 2. The lowest BCUT2D eigenvalue weighted by Crippen LogP contribution is -2.25. The van der Waals surface area contributed by atoms with Gasteiger partial charge in [0.25, 0.3) is 0 Å². The van der Waals surface area contributed by atoms with Gasteiger partial charge in [0.2, 0.25) is 0 Å². The van der Waals surface area contributed by atoms with Crippen LogP contribution >= 0.6 is 0 Å². The highest BCUT2D eigenvalue weighted by molar-refractivity contribution is 5.89. The number of fused-ring (bicyclic) bond motifs is 3. The van der Waals surface area contributed by atoms with Gasteiger partial charge in [0.1, 0.15) is 5.56 Å². The Morgan fingerprint density at radius 3 is 2.52 bits per heavy atom. The van der Waals surface area contributed by atoms with Gasteiger partial charge in [-0.2, -0.15) is 0 Å². The van der Waals surface area contributed by atoms with Crippen molar-refractivity contribution < 1.29 is 19.0 Å². The van der Waals surface area contributed by atoms with E-state index >= 15 is 0 Å². The average Bonchev–Trinajstić information content (AvgIpc) is 2.60. The number of rotatable bonds is 4. The van der Waals surface area contributed by atoms with Crippen molar-refractivity contribution >= 4 is 5.97 Å². The molecule has 2 aromatic rings. The summed E-state index contributed by atoms with van der Waals surface area (Å²) in [6, 6.07) is 5.40. The molecule has 6 nitrogen and oxygen atoms in total. The van der Waals surface area contributed by atoms with Crippen molar-refractivity contribution in [3.05, 3.63) is 45.7 Å². The monoisotopic (exact) mass is 343 g/mol. The second kappa shape index (κ2) is 6.63. The van der Waals surface area contributed by atoms with Crippen molar-refractivity contribution in [2.75, 3.05) is 20.8 Å². The number of pyridine rings is 1. The zero-order valence-electron chi connectivity index (χ0n) is 14.8. The van der Waals surface area contributed by atoms with E-state index in [-0.39, 0.29) is 23.6 Å². The summed E-state index contributed by atoms with van der Waals surface area (Å²) in [5, 5.41) is 0. The van der Waals surface area contributed by atoms with Crippen LogP contribution in [0.1, 0.15) is 35.8 Å². The lowest BCUT2D eigenvalue weighted by atomic mass is 9.92. The molecule has 6 heteroatoms. The molecule has 0 amide bonds. The Morgan fingerprint density at radius 1 is 1.20 bits per heavy atom. The van der Waals surface area contributed by atoms with Gasteiger partial charge in [-0.3, -0.25) is 4.79 Å². The standard InChI is InChI=1S/C19H21NO5/c1-5-25-19(22)14-10-20-11(2)6-12-7-17(23-3)18(24-4)8-13(12)15(20)9-16(14)21/h7-11H,5-6H2,1-4H3. The highest BCUT2D eigenvalue weighted by atomic mass is 16.5. The molecule has 0 aliphatic carbocycles. The molecule has 1 atom stereocenters. The molecule has 0 saturated carbocycles. The molecule has 2 heterocycles. The molecule has 0 radical (unpaired) electrons. The maximum absolute atomic E-state index is 12.4. The SMILES string of the molecule is CCOC(=O)c1cn2c(cc1=O)-c1cc(OC)c(OC)cc1CC2C. The normalized spacial score (nSPS) is 15.1. The van der Waals surface area contributed by atoms with Crippen LogP contribution in [-0.2, 0) is 11.2 Å². The Hall–Kier alpha value is -2.76. The van der Waals surface area contributed by atoms with Crippen molar-refractivity contribution in [3.8, 4) is 22.8 Å². The fourth-order valence-electron chi connectivity index (χ4n) is 3.24. The number of hydrogen-bond acceptors (Lipinski definition) is 5. The summed E-state index contributed by atoms with van der Waals surface area (Å²) >= 11 is 0. The van der Waals surface area contributed by atoms with Crippen LogP contribution in [0.15, 0.2) is 29.2 Å². The van der Waals surface area contributed by atoms with Gasteiger partial charge in [0.05, 0.1) is 26.5 Å². The number of nitrogens with zero attached hydrogens (tertiary/aromatic N) is 1. The third-order valence-electron chi connectivity index (χ3n) is 4.45. The number of carbonyl (C=O) groups is 1. The van der Waals surface area contributed by atoms with E-state index in [1.807, 2.05) is 23.6 Å². The highest BCUT2D eigenvalue weighted by Gasteiger charge is 2.25. The first-order valence-electron chi connectivity index (χ1n) is 8.18. The van der Waals surface area contributed by atoms with Crippen molar-refractivity contribution in [3.63, 3.8) is 0 Å². The lowest BCUT2D eigenvalue weighted by molar-refractivity contribution is 0.0523. The van der Waals surface area contributed by atoms with Crippen molar-refractivity contribution in [1.29, 1.82) is 0 Å². The molecule has 1 aliphatic rings. The first kappa shape index (κ1) is 17.1. The predicted molar refractivity (Wildman–Crippen MR) is 93.6 cm³/mol. The summed E-state index contributed by atoms with van der Waals surface area (Å²) in [6.45, 7) is 3.99. The molecule has 0 spiro atoms. The van der Waals surface area contributed by atoms with Crippen LogP contribution in [0.2, 0.25) is 0 Å². The van der Waals surface area contributed by atoms with E-state index in [2.05, 4.69) is 0 Å². The van der Waals surface area contributed by atoms with E-state index in [1.54, 1.807) is 27.3 Å². The topological polar surface area (TPSA) is 66.8 Å². The molecule has 1 unspecified atom stereocenters. The minimum atomic E-state index is -0.590. The van der Waals surface area contributed by atoms with Gasteiger partial charge in [0.15, 0.2) is 16.9 Å². The summed E-state index contributed by atoms with van der Waals surface area (Å²) in [7, 11) is 3.17. The number of benzene rings is 1. The van der Waals surface area contributed by atoms with Crippen LogP contribution in [-0.4, -0.2) is 31.4 Å². The van der Waals surface area contributed by atoms with E-state index in [0.29, 0.717) is 11.5 Å². The Kier molecular flexibility index (Phi) is 4.53. The Balaban J connectivity index is 2.20. The van der Waals surface area contributed by atoms with E-state index in [0.717, 1.165) is 23.2 Å². The predicted octanol–water partition coefficient (Wildman–Crippen LogP) is 2.83. The second-order valence-electron chi connectivity index (χ2n) is 5.98. The average molecular weight is 343 g/mol. The Morgan fingerprint density at radius 2 is 1.88 bits per heavy atom. The minimum Gasteiger partial charge on any atom is -0.493 e. The fourth-order valence-corrected chi connectivity index (χ4v) is 3.24. The van der Waals surface area contributed by atoms with E-state index in [4.69, 9.17) is 14.2 Å². The summed E-state index contributed by atoms with van der Waals surface area (Å²) in [6.07, 6.45) is 2.35. The fraction of sp³-hybridized carbons (Fsp3) is 0.368. The molecule has 1 aromatic heterocycles. The van der Waals surface area contributed by atoms with Crippen LogP contribution in [0.5, 0.6) is 11.5 Å². The van der Waals surface area contributed by atoms with Gasteiger partial charge in [-0.05, 0) is 38.0 Å². The summed E-state index contributed by atoms with van der Waals surface area (Å²) in [4.78, 5) is 24.4. The molecular formula is C19H21NO5. The van der Waals surface area contributed by atoms with E-state index in [9.17, 15) is 9.59 Å². The van der Waals surface area contributed by atoms with Crippen LogP contribution in [0.3, 0.4) is 0 Å². The van der Waals surface area contributed by atoms with Gasteiger partial charge in [-0.15, -0.1) is 0 Å². The second-order valence-corrected chi connectivity index (χ2v) is 5.98. The Labute approximate surface area is 145 Å². The van der Waals surface area contributed by atoms with Crippen LogP contribution in [0, 0.1) is 0 Å². The first-order chi connectivity index (χ1) is 12.0. The van der Waals surface area contributed by atoms with Crippen molar-refractivity contribution in [1.82, 2.24) is 4.57 Å². The molecular weight excluding hydrogens is 322 g/mol. The maximum Gasteiger partial charge on any atom is 0.343 e. The molecule has 25 heavy (non-hydrogen) atoms. The molecule has 0 saturated heterocycles. The van der Waals surface area contributed by atoms with E-state index in [1.165, 1.54) is 6.07 Å². The molecule has 1 aliphatic heterocycles. The minimum absolute atomic E-state index is 0.0568. The molecule has 1 aromatic carbocycles. The molecule has 0 fully saturated rings. The Bertz CT molecular complexity index is 884. The van der Waals surface area contributed by atoms with Crippen LogP contribution in [0.4, 0.5) is 0 Å².